The number of rotatable bonds is 10. The lowest BCUT2D eigenvalue weighted by molar-refractivity contribution is -0.459. The van der Waals surface area contributed by atoms with E-state index >= 15 is 0 Å². The predicted octanol–water partition coefficient (Wildman–Crippen LogP) is 4.70. The van der Waals surface area contributed by atoms with Gasteiger partial charge in [0.1, 0.15) is 59.5 Å². The van der Waals surface area contributed by atoms with Crippen molar-refractivity contribution in [2.75, 3.05) is 13.2 Å². The molecule has 16 nitrogen and oxygen atoms in total. The zero-order valence-electron chi connectivity index (χ0n) is 39.0. The molecule has 4 N–H and O–H groups in total. The van der Waals surface area contributed by atoms with Gasteiger partial charge in [0.2, 0.25) is 0 Å². The summed E-state index contributed by atoms with van der Waals surface area (Å²) in [5.41, 5.74) is -6.43. The minimum atomic E-state index is -2.52. The summed E-state index contributed by atoms with van der Waals surface area (Å²) in [7, 11) is 0. The van der Waals surface area contributed by atoms with Gasteiger partial charge in [0, 0.05) is 24.7 Å². The summed E-state index contributed by atoms with van der Waals surface area (Å²) in [5.74, 6) is -10.6. The zero-order chi connectivity index (χ0) is 48.8. The molecule has 69 heavy (non-hydrogen) atoms. The molecule has 18 atom stereocenters. The summed E-state index contributed by atoms with van der Waals surface area (Å²) >= 11 is 0. The Kier molecular flexibility index (Phi) is 12.0. The van der Waals surface area contributed by atoms with Crippen LogP contribution in [-0.2, 0) is 42.7 Å². The largest absolute Gasteiger partial charge is 0.465 e. The Labute approximate surface area is 399 Å². The molecule has 368 valence electrons. The number of hydrogen-bond donors (Lipinski definition) is 4. The fourth-order valence-corrected chi connectivity index (χ4v) is 13.6. The highest BCUT2D eigenvalue weighted by molar-refractivity contribution is 5.90. The van der Waals surface area contributed by atoms with Crippen molar-refractivity contribution in [2.24, 2.45) is 35.5 Å². The molecule has 7 fully saturated rings. The van der Waals surface area contributed by atoms with Gasteiger partial charge in [-0.2, -0.15) is 0 Å². The van der Waals surface area contributed by atoms with Gasteiger partial charge in [-0.1, -0.05) is 75.0 Å². The van der Waals surface area contributed by atoms with Gasteiger partial charge in [0.25, 0.3) is 0 Å². The average molecular weight is 953 g/mol. The topological polar surface area (TPSA) is 226 Å². The Morgan fingerprint density at radius 2 is 1.32 bits per heavy atom. The Balaban J connectivity index is 1.19. The maximum Gasteiger partial charge on any atom is 0.338 e. The maximum atomic E-state index is 14.3. The van der Waals surface area contributed by atoms with Crippen molar-refractivity contribution >= 4 is 23.9 Å². The minimum Gasteiger partial charge on any atom is -0.465 e. The number of carbonyl (C=O) groups excluding carboxylic acids is 4. The summed E-state index contributed by atoms with van der Waals surface area (Å²) in [5, 5.41) is 51.3. The van der Waals surface area contributed by atoms with Crippen molar-refractivity contribution in [1.29, 1.82) is 0 Å². The molecule has 3 aromatic rings. The standard InChI is InChI=1S/C53H60O16/c1-28(2)49-25-35(26-62-31(5)55)52-40-43(49)67-53(68-49,69-52)38(56)23-15-22-36(63-45(57)32-16-9-6-10-17-32)37(64-46(58)33-18-11-7-12-19-33)24-29(3)39-30(4)42(65-47(59)34-20-13-8-14-21-34)51(61,41(39)52)48(60)50(27-54)44(40)66-50/h6-14,16-21,29-30,35-44,48,54,56,60-61H,1,15,22-27H2,2-5H3/t29-,30+,35+,36?,37?,38-,39+,40-,41-,42+,43-,44+,48-,49-,50+,51-,52-,53?/m1/s1. The molecule has 0 aromatic heterocycles. The third-order valence-electron chi connectivity index (χ3n) is 16.6. The van der Waals surface area contributed by atoms with Crippen molar-refractivity contribution in [3.8, 4) is 0 Å². The van der Waals surface area contributed by atoms with E-state index < -0.39 is 137 Å². The lowest BCUT2D eigenvalue weighted by Crippen LogP contribution is -2.75. The molecule has 0 radical (unpaired) electrons. The highest BCUT2D eigenvalue weighted by Gasteiger charge is 2.91. The molecule has 7 aliphatic rings. The monoisotopic (exact) mass is 952 g/mol. The molecule has 4 heterocycles. The van der Waals surface area contributed by atoms with Crippen LogP contribution in [0.1, 0.15) is 90.9 Å². The Bertz CT molecular complexity index is 2470. The molecular weight excluding hydrogens is 893 g/mol. The quantitative estimate of drug-likeness (QED) is 0.0935. The van der Waals surface area contributed by atoms with E-state index in [1.807, 2.05) is 6.92 Å². The first kappa shape index (κ1) is 47.6. The third kappa shape index (κ3) is 7.22. The number of benzene rings is 3. The van der Waals surface area contributed by atoms with E-state index in [4.69, 9.17) is 37.9 Å². The minimum absolute atomic E-state index is 0.00258. The molecule has 4 saturated heterocycles. The lowest BCUT2D eigenvalue weighted by atomic mass is 9.51. The van der Waals surface area contributed by atoms with Crippen LogP contribution in [0.15, 0.2) is 103 Å². The first-order valence-corrected chi connectivity index (χ1v) is 24.0. The van der Waals surface area contributed by atoms with Crippen LogP contribution < -0.4 is 0 Å². The molecule has 3 aromatic carbocycles. The Morgan fingerprint density at radius 3 is 1.87 bits per heavy atom. The number of aliphatic hydroxyl groups excluding tert-OH is 3. The van der Waals surface area contributed by atoms with E-state index in [1.54, 1.807) is 105 Å². The van der Waals surface area contributed by atoms with E-state index in [1.165, 1.54) is 6.92 Å². The number of carbonyl (C=O) groups is 4. The molecule has 3 unspecified atom stereocenters. The van der Waals surface area contributed by atoms with E-state index in [-0.39, 0.29) is 55.4 Å². The Morgan fingerprint density at radius 1 is 0.754 bits per heavy atom. The molecule has 3 bridgehead atoms. The van der Waals surface area contributed by atoms with Crippen molar-refractivity contribution < 1.29 is 77.5 Å². The van der Waals surface area contributed by atoms with Gasteiger partial charge in [0.15, 0.2) is 0 Å². The van der Waals surface area contributed by atoms with Crippen LogP contribution in [0.25, 0.3) is 0 Å². The molecule has 0 amide bonds. The number of epoxide rings is 1. The van der Waals surface area contributed by atoms with Crippen molar-refractivity contribution in [3.63, 3.8) is 0 Å². The summed E-state index contributed by atoms with van der Waals surface area (Å²) in [6.07, 6.45) is -9.17. The highest BCUT2D eigenvalue weighted by Crippen LogP contribution is 2.76. The second-order valence-corrected chi connectivity index (χ2v) is 20.4. The molecule has 10 rings (SSSR count). The smallest absolute Gasteiger partial charge is 0.338 e. The summed E-state index contributed by atoms with van der Waals surface area (Å²) < 4.78 is 53.0. The third-order valence-corrected chi connectivity index (χ3v) is 16.6. The highest BCUT2D eigenvalue weighted by atomic mass is 16.9. The number of ether oxygens (including phenoxy) is 8. The number of aliphatic hydroxyl groups is 4. The van der Waals surface area contributed by atoms with E-state index in [9.17, 15) is 39.6 Å². The number of hydrogen-bond acceptors (Lipinski definition) is 16. The van der Waals surface area contributed by atoms with Crippen LogP contribution >= 0.6 is 0 Å². The second kappa shape index (κ2) is 17.4. The van der Waals surface area contributed by atoms with Gasteiger partial charge >= 0.3 is 29.9 Å². The number of esters is 4. The van der Waals surface area contributed by atoms with Gasteiger partial charge in [-0.25, -0.2) is 14.4 Å². The van der Waals surface area contributed by atoms with E-state index in [0.29, 0.717) is 5.57 Å². The summed E-state index contributed by atoms with van der Waals surface area (Å²) in [4.78, 5) is 55.4. The first-order chi connectivity index (χ1) is 33.0. The van der Waals surface area contributed by atoms with Gasteiger partial charge < -0.3 is 58.3 Å². The average Bonchev–Trinajstić information content (AvgIpc) is 3.98. The van der Waals surface area contributed by atoms with Crippen LogP contribution in [0.4, 0.5) is 0 Å². The normalized spacial score (nSPS) is 42.5. The van der Waals surface area contributed by atoms with Crippen LogP contribution in [0.5, 0.6) is 0 Å². The van der Waals surface area contributed by atoms with Gasteiger partial charge in [-0.05, 0) is 98.8 Å². The van der Waals surface area contributed by atoms with Crippen molar-refractivity contribution in [3.05, 3.63) is 120 Å². The van der Waals surface area contributed by atoms with Crippen LogP contribution in [0, 0.1) is 35.5 Å². The molecule has 4 aliphatic heterocycles. The molecule has 3 saturated carbocycles. The van der Waals surface area contributed by atoms with Crippen molar-refractivity contribution in [1.82, 2.24) is 0 Å². The van der Waals surface area contributed by atoms with Crippen molar-refractivity contribution in [2.45, 2.75) is 131 Å². The fraction of sp³-hybridized carbons (Fsp3) is 0.547. The van der Waals surface area contributed by atoms with Gasteiger partial charge in [-0.15, -0.1) is 0 Å². The number of fused-ring (bicyclic) bond motifs is 1. The Hall–Kier alpha value is -5.04. The van der Waals surface area contributed by atoms with Gasteiger partial charge in [0.05, 0.1) is 35.5 Å². The van der Waals surface area contributed by atoms with Crippen LogP contribution in [0.2, 0.25) is 0 Å². The second-order valence-electron chi connectivity index (χ2n) is 20.4. The molecule has 2 spiro atoms. The molecular formula is C53H60O16. The van der Waals surface area contributed by atoms with Crippen LogP contribution in [-0.4, -0.2) is 129 Å². The summed E-state index contributed by atoms with van der Waals surface area (Å²) in [6.45, 7) is 10.00. The molecule has 16 heteroatoms. The summed E-state index contributed by atoms with van der Waals surface area (Å²) in [6, 6.07) is 25.0. The lowest BCUT2D eigenvalue weighted by Gasteiger charge is -2.62. The van der Waals surface area contributed by atoms with Crippen LogP contribution in [0.3, 0.4) is 0 Å². The van der Waals surface area contributed by atoms with Gasteiger partial charge in [-0.3, -0.25) is 4.79 Å². The first-order valence-electron chi connectivity index (χ1n) is 24.0. The SMILES string of the molecule is C=C(C)[C@]12C[C@@H](COC(C)=O)[C@@]34OC5(O[C@@H]1[C@@H]3[C@@H]1O[C@]1(CO)[C@@H](O)[C@@]1(O)[C@H]4[C@H]([C@H](C)[C@@H]1OC(=O)c1ccccc1)[C@H](C)CC(OC(=O)c1ccccc1)C(OC(=O)c1ccccc1)CCC[C@H]5O)O2. The van der Waals surface area contributed by atoms with E-state index in [0.717, 1.165) is 0 Å². The van der Waals surface area contributed by atoms with E-state index in [2.05, 4.69) is 6.58 Å². The predicted molar refractivity (Wildman–Crippen MR) is 241 cm³/mol. The molecule has 3 aliphatic carbocycles. The maximum absolute atomic E-state index is 14.3. The zero-order valence-corrected chi connectivity index (χ0v) is 39.0. The fourth-order valence-electron chi connectivity index (χ4n) is 13.6.